The molecule has 1 amide bonds. The summed E-state index contributed by atoms with van der Waals surface area (Å²) in [5.74, 6) is 0.505. The van der Waals surface area contributed by atoms with Crippen molar-refractivity contribution < 1.29 is 9.53 Å². The molecular weight excluding hydrogens is 478 g/mol. The second-order valence-corrected chi connectivity index (χ2v) is 9.22. The Morgan fingerprint density at radius 3 is 2.89 bits per heavy atom. The third kappa shape index (κ3) is 5.52. The Morgan fingerprint density at radius 1 is 1.17 bits per heavy atom. The number of carbonyl (C=O) groups is 1. The van der Waals surface area contributed by atoms with Gasteiger partial charge in [0.2, 0.25) is 5.95 Å². The molecule has 0 radical (unpaired) electrons. The minimum absolute atomic E-state index is 0.0873. The lowest BCUT2D eigenvalue weighted by molar-refractivity contribution is 0.0719. The Bertz CT molecular complexity index is 1340. The van der Waals surface area contributed by atoms with Crippen molar-refractivity contribution in [1.29, 1.82) is 0 Å². The van der Waals surface area contributed by atoms with Crippen LogP contribution in [0.4, 0.5) is 16.4 Å². The van der Waals surface area contributed by atoms with Crippen LogP contribution in [0.1, 0.15) is 31.4 Å². The first-order chi connectivity index (χ1) is 17.6. The second kappa shape index (κ2) is 10.8. The molecule has 0 bridgehead atoms. The smallest absolute Gasteiger partial charge is 0.407 e. The van der Waals surface area contributed by atoms with Crippen LogP contribution >= 0.6 is 11.6 Å². The van der Waals surface area contributed by atoms with Crippen LogP contribution in [0.3, 0.4) is 0 Å². The first-order valence-electron chi connectivity index (χ1n) is 12.0. The van der Waals surface area contributed by atoms with Gasteiger partial charge in [-0.2, -0.15) is 0 Å². The third-order valence-corrected chi connectivity index (χ3v) is 6.63. The van der Waals surface area contributed by atoms with E-state index in [-0.39, 0.29) is 12.1 Å². The molecule has 1 fully saturated rings. The van der Waals surface area contributed by atoms with E-state index in [4.69, 9.17) is 21.3 Å². The highest BCUT2D eigenvalue weighted by molar-refractivity contribution is 6.33. The van der Waals surface area contributed by atoms with Gasteiger partial charge in [0.15, 0.2) is 0 Å². The van der Waals surface area contributed by atoms with Gasteiger partial charge in [-0.25, -0.2) is 14.8 Å². The molecule has 0 saturated heterocycles. The van der Waals surface area contributed by atoms with Gasteiger partial charge in [-0.05, 0) is 37.5 Å². The zero-order valence-corrected chi connectivity index (χ0v) is 20.7. The molecular formula is C26H28ClN7O2. The van der Waals surface area contributed by atoms with E-state index in [0.717, 1.165) is 47.1 Å². The van der Waals surface area contributed by atoms with Crippen LogP contribution in [0.5, 0.6) is 0 Å². The van der Waals surface area contributed by atoms with Crippen molar-refractivity contribution in [3.05, 3.63) is 65.7 Å². The second-order valence-electron chi connectivity index (χ2n) is 8.82. The van der Waals surface area contributed by atoms with Gasteiger partial charge in [0, 0.05) is 42.2 Å². The number of fused-ring (bicyclic) bond motifs is 1. The topological polar surface area (TPSA) is 117 Å². The summed E-state index contributed by atoms with van der Waals surface area (Å²) < 4.78 is 5.68. The molecule has 0 unspecified atom stereocenters. The molecule has 1 aliphatic rings. The maximum atomic E-state index is 12.4. The molecule has 10 heteroatoms. The van der Waals surface area contributed by atoms with E-state index in [0.29, 0.717) is 29.6 Å². The van der Waals surface area contributed by atoms with E-state index in [2.05, 4.69) is 30.9 Å². The summed E-state index contributed by atoms with van der Waals surface area (Å²) in [6.07, 6.45) is 8.01. The summed E-state index contributed by atoms with van der Waals surface area (Å²) in [6.45, 7) is 0.312. The van der Waals surface area contributed by atoms with E-state index >= 15 is 0 Å². The fourth-order valence-electron chi connectivity index (χ4n) is 4.49. The summed E-state index contributed by atoms with van der Waals surface area (Å²) >= 11 is 6.46. The Kier molecular flexibility index (Phi) is 7.18. The molecule has 0 spiro atoms. The van der Waals surface area contributed by atoms with Crippen LogP contribution in [-0.4, -0.2) is 45.2 Å². The zero-order valence-electron chi connectivity index (χ0n) is 19.9. The SMILES string of the molecule is CNc1ccc(CNC(=O)O[C@H]2CCC[C@@H](Nc3ncc(Cl)c(-c4c[nH]c5ccccc45)n3)C2)nc1. The predicted molar refractivity (Wildman–Crippen MR) is 141 cm³/mol. The molecule has 1 aliphatic carbocycles. The molecule has 9 nitrogen and oxygen atoms in total. The molecule has 3 heterocycles. The number of rotatable bonds is 7. The Hall–Kier alpha value is -3.85. The Labute approximate surface area is 214 Å². The van der Waals surface area contributed by atoms with E-state index in [9.17, 15) is 4.79 Å². The van der Waals surface area contributed by atoms with Crippen LogP contribution in [0.25, 0.3) is 22.2 Å². The quantitative estimate of drug-likeness (QED) is 0.267. The van der Waals surface area contributed by atoms with Crippen LogP contribution in [0.15, 0.2) is 55.0 Å². The largest absolute Gasteiger partial charge is 0.446 e. The molecule has 2 atom stereocenters. The number of alkyl carbamates (subject to hydrolysis) is 1. The summed E-state index contributed by atoms with van der Waals surface area (Å²) in [7, 11) is 1.83. The van der Waals surface area contributed by atoms with E-state index in [1.54, 1.807) is 12.4 Å². The number of carbonyl (C=O) groups excluding carboxylic acids is 1. The van der Waals surface area contributed by atoms with Crippen LogP contribution in [0, 0.1) is 0 Å². The van der Waals surface area contributed by atoms with Gasteiger partial charge >= 0.3 is 6.09 Å². The van der Waals surface area contributed by atoms with Gasteiger partial charge in [0.05, 0.1) is 41.0 Å². The molecule has 1 aromatic carbocycles. The van der Waals surface area contributed by atoms with Gasteiger partial charge in [0.25, 0.3) is 0 Å². The minimum Gasteiger partial charge on any atom is -0.446 e. The number of anilines is 2. The van der Waals surface area contributed by atoms with Gasteiger partial charge in [-0.15, -0.1) is 0 Å². The molecule has 3 aromatic heterocycles. The number of pyridine rings is 1. The van der Waals surface area contributed by atoms with Crippen molar-refractivity contribution in [3.63, 3.8) is 0 Å². The Balaban J connectivity index is 1.18. The summed E-state index contributed by atoms with van der Waals surface area (Å²) in [5, 5.41) is 10.8. The number of nitrogens with one attached hydrogen (secondary N) is 4. The average molecular weight is 506 g/mol. The number of para-hydroxylation sites is 1. The molecule has 36 heavy (non-hydrogen) atoms. The van der Waals surface area contributed by atoms with Crippen molar-refractivity contribution in [2.24, 2.45) is 0 Å². The molecule has 4 N–H and O–H groups in total. The highest BCUT2D eigenvalue weighted by atomic mass is 35.5. The lowest BCUT2D eigenvalue weighted by Gasteiger charge is -2.29. The van der Waals surface area contributed by atoms with Crippen LogP contribution < -0.4 is 16.0 Å². The number of nitrogens with zero attached hydrogens (tertiary/aromatic N) is 3. The minimum atomic E-state index is -0.440. The Morgan fingerprint density at radius 2 is 2.06 bits per heavy atom. The van der Waals surface area contributed by atoms with E-state index in [1.807, 2.05) is 49.6 Å². The van der Waals surface area contributed by atoms with Crippen molar-refractivity contribution >= 4 is 40.2 Å². The van der Waals surface area contributed by atoms with Crippen molar-refractivity contribution in [2.75, 3.05) is 17.7 Å². The van der Waals surface area contributed by atoms with Gasteiger partial charge in [-0.1, -0.05) is 29.8 Å². The zero-order chi connectivity index (χ0) is 24.9. The molecule has 5 rings (SSSR count). The monoisotopic (exact) mass is 505 g/mol. The standard InChI is InChI=1S/C26H28ClN7O2/c1-28-17-9-10-18(29-12-17)13-32-26(35)36-19-6-4-5-16(11-19)33-25-31-15-22(27)24(34-25)21-14-30-23-8-3-2-7-20(21)23/h2-3,7-10,12,14-16,19,28,30H,4-6,11,13H2,1H3,(H,32,35)(H,31,33,34)/t16-,19+/m1/s1. The average Bonchev–Trinajstić information content (AvgIpc) is 3.33. The number of hydrogen-bond donors (Lipinski definition) is 4. The van der Waals surface area contributed by atoms with E-state index < -0.39 is 6.09 Å². The van der Waals surface area contributed by atoms with Crippen LogP contribution in [-0.2, 0) is 11.3 Å². The first kappa shape index (κ1) is 23.9. The first-order valence-corrected chi connectivity index (χ1v) is 12.4. The molecule has 0 aliphatic heterocycles. The normalized spacial score (nSPS) is 17.5. The maximum Gasteiger partial charge on any atom is 0.407 e. The van der Waals surface area contributed by atoms with Crippen LogP contribution in [0.2, 0.25) is 5.02 Å². The fraction of sp³-hybridized carbons (Fsp3) is 0.308. The number of H-pyrrole nitrogens is 1. The summed E-state index contributed by atoms with van der Waals surface area (Å²) in [5.41, 5.74) is 4.30. The number of halogens is 1. The van der Waals surface area contributed by atoms with Crippen molar-refractivity contribution in [3.8, 4) is 11.3 Å². The lowest BCUT2D eigenvalue weighted by Crippen LogP contribution is -2.36. The number of ether oxygens (including phenoxy) is 1. The van der Waals surface area contributed by atoms with Gasteiger partial charge in [-0.3, -0.25) is 4.98 Å². The van der Waals surface area contributed by atoms with Gasteiger partial charge < -0.3 is 25.7 Å². The summed E-state index contributed by atoms with van der Waals surface area (Å²) in [6, 6.07) is 11.9. The molecule has 186 valence electrons. The van der Waals surface area contributed by atoms with Gasteiger partial charge in [0.1, 0.15) is 6.10 Å². The summed E-state index contributed by atoms with van der Waals surface area (Å²) in [4.78, 5) is 29.0. The predicted octanol–water partition coefficient (Wildman–Crippen LogP) is 5.36. The molecule has 1 saturated carbocycles. The third-order valence-electron chi connectivity index (χ3n) is 6.35. The highest BCUT2D eigenvalue weighted by Gasteiger charge is 2.26. The number of benzene rings is 1. The van der Waals surface area contributed by atoms with Crippen molar-refractivity contribution in [1.82, 2.24) is 25.3 Å². The highest BCUT2D eigenvalue weighted by Crippen LogP contribution is 2.33. The maximum absolute atomic E-state index is 12.4. The number of aromatic amines is 1. The van der Waals surface area contributed by atoms with E-state index in [1.165, 1.54) is 0 Å². The van der Waals surface area contributed by atoms with Crippen molar-refractivity contribution in [2.45, 2.75) is 44.4 Å². The lowest BCUT2D eigenvalue weighted by atomic mass is 9.93. The number of amides is 1. The fourth-order valence-corrected chi connectivity index (χ4v) is 4.68. The number of aromatic nitrogens is 4. The molecule has 4 aromatic rings. The number of hydrogen-bond acceptors (Lipinski definition) is 7.